The Labute approximate surface area is 129 Å². The number of aromatic nitrogens is 1. The second-order valence-corrected chi connectivity index (χ2v) is 6.99. The summed E-state index contributed by atoms with van der Waals surface area (Å²) in [6, 6.07) is 6.36. The van der Waals surface area contributed by atoms with Crippen molar-refractivity contribution in [1.82, 2.24) is 9.88 Å². The molecule has 0 bridgehead atoms. The normalized spacial score (nSPS) is 19.0. The van der Waals surface area contributed by atoms with Crippen LogP contribution in [0, 0.1) is 12.8 Å². The van der Waals surface area contributed by atoms with Gasteiger partial charge in [-0.1, -0.05) is 17.4 Å². The summed E-state index contributed by atoms with van der Waals surface area (Å²) in [5.41, 5.74) is 2.32. The Morgan fingerprint density at radius 3 is 3.00 bits per heavy atom. The summed E-state index contributed by atoms with van der Waals surface area (Å²) in [4.78, 5) is 20.9. The fourth-order valence-electron chi connectivity index (χ4n) is 2.87. The third kappa shape index (κ3) is 2.88. The van der Waals surface area contributed by atoms with Gasteiger partial charge in [-0.25, -0.2) is 4.98 Å². The Morgan fingerprint density at radius 2 is 2.24 bits per heavy atom. The zero-order valence-corrected chi connectivity index (χ0v) is 13.6. The molecule has 1 atom stereocenters. The van der Waals surface area contributed by atoms with E-state index >= 15 is 0 Å². The first kappa shape index (κ1) is 14.3. The average molecular weight is 303 g/mol. The number of thiazole rings is 1. The van der Waals surface area contributed by atoms with Gasteiger partial charge in [0.25, 0.3) is 0 Å². The maximum absolute atomic E-state index is 12.2. The number of hydrogen-bond acceptors (Lipinski definition) is 4. The summed E-state index contributed by atoms with van der Waals surface area (Å²) in [6.07, 6.45) is 2.04. The molecule has 112 valence electrons. The number of nitrogens with zero attached hydrogens (tertiary/aromatic N) is 3. The van der Waals surface area contributed by atoms with Crippen LogP contribution in [-0.4, -0.2) is 43.0 Å². The number of anilines is 1. The maximum Gasteiger partial charge on any atom is 0.226 e. The number of rotatable bonds is 2. The van der Waals surface area contributed by atoms with Crippen LogP contribution in [0.4, 0.5) is 5.13 Å². The van der Waals surface area contributed by atoms with Gasteiger partial charge in [-0.05, 0) is 37.5 Å². The molecule has 1 unspecified atom stereocenters. The number of carbonyl (C=O) groups is 1. The van der Waals surface area contributed by atoms with Crippen molar-refractivity contribution >= 4 is 32.6 Å². The zero-order chi connectivity index (χ0) is 15.0. The minimum atomic E-state index is 0.0995. The molecule has 1 saturated heterocycles. The lowest BCUT2D eigenvalue weighted by Crippen LogP contribution is -2.42. The molecule has 5 heteroatoms. The number of piperidine rings is 1. The van der Waals surface area contributed by atoms with E-state index in [1.807, 2.05) is 14.1 Å². The number of hydrogen-bond donors (Lipinski definition) is 0. The van der Waals surface area contributed by atoms with Crippen LogP contribution in [0.15, 0.2) is 18.2 Å². The molecule has 2 heterocycles. The molecule has 4 nitrogen and oxygen atoms in total. The van der Waals surface area contributed by atoms with Crippen molar-refractivity contribution < 1.29 is 4.79 Å². The number of carbonyl (C=O) groups excluding carboxylic acids is 1. The first-order valence-corrected chi connectivity index (χ1v) is 8.19. The molecular formula is C16H21N3OS. The van der Waals surface area contributed by atoms with E-state index < -0.39 is 0 Å². The van der Waals surface area contributed by atoms with Gasteiger partial charge in [0.05, 0.1) is 16.1 Å². The van der Waals surface area contributed by atoms with E-state index in [0.717, 1.165) is 36.6 Å². The summed E-state index contributed by atoms with van der Waals surface area (Å²) < 4.78 is 1.23. The molecule has 0 N–H and O–H groups in total. The van der Waals surface area contributed by atoms with Gasteiger partial charge >= 0.3 is 0 Å². The molecule has 0 saturated carbocycles. The van der Waals surface area contributed by atoms with E-state index in [9.17, 15) is 4.79 Å². The van der Waals surface area contributed by atoms with Gasteiger partial charge in [0, 0.05) is 27.2 Å². The van der Waals surface area contributed by atoms with Crippen LogP contribution in [0.3, 0.4) is 0 Å². The lowest BCUT2D eigenvalue weighted by Gasteiger charge is -2.32. The molecule has 3 rings (SSSR count). The zero-order valence-electron chi connectivity index (χ0n) is 12.8. The molecule has 1 aromatic heterocycles. The summed E-state index contributed by atoms with van der Waals surface area (Å²) in [6.45, 7) is 3.89. The van der Waals surface area contributed by atoms with Crippen LogP contribution in [0.25, 0.3) is 10.2 Å². The fraction of sp³-hybridized carbons (Fsp3) is 0.500. The third-order valence-electron chi connectivity index (χ3n) is 4.01. The molecule has 2 aromatic rings. The third-order valence-corrected chi connectivity index (χ3v) is 5.09. The van der Waals surface area contributed by atoms with Gasteiger partial charge in [0.2, 0.25) is 5.91 Å². The van der Waals surface area contributed by atoms with E-state index in [-0.39, 0.29) is 11.8 Å². The van der Waals surface area contributed by atoms with E-state index in [1.54, 1.807) is 16.2 Å². The van der Waals surface area contributed by atoms with E-state index in [2.05, 4.69) is 30.0 Å². The van der Waals surface area contributed by atoms with E-state index in [1.165, 1.54) is 10.3 Å². The molecule has 1 fully saturated rings. The predicted octanol–water partition coefficient (Wildman–Crippen LogP) is 2.91. The minimum absolute atomic E-state index is 0.0995. The lowest BCUT2D eigenvalue weighted by molar-refractivity contribution is -0.133. The average Bonchev–Trinajstić information content (AvgIpc) is 2.89. The van der Waals surface area contributed by atoms with Crippen molar-refractivity contribution in [3.63, 3.8) is 0 Å². The fourth-order valence-corrected chi connectivity index (χ4v) is 3.97. The Morgan fingerprint density at radius 1 is 1.43 bits per heavy atom. The van der Waals surface area contributed by atoms with Crippen LogP contribution in [0.5, 0.6) is 0 Å². The van der Waals surface area contributed by atoms with Gasteiger partial charge < -0.3 is 9.80 Å². The number of fused-ring (bicyclic) bond motifs is 1. The van der Waals surface area contributed by atoms with Crippen molar-refractivity contribution in [2.45, 2.75) is 19.8 Å². The van der Waals surface area contributed by atoms with Crippen molar-refractivity contribution in [2.24, 2.45) is 5.92 Å². The monoisotopic (exact) mass is 303 g/mol. The summed E-state index contributed by atoms with van der Waals surface area (Å²) >= 11 is 1.73. The van der Waals surface area contributed by atoms with Gasteiger partial charge in [-0.2, -0.15) is 0 Å². The number of amides is 1. The topological polar surface area (TPSA) is 36.4 Å². The van der Waals surface area contributed by atoms with Crippen molar-refractivity contribution in [3.05, 3.63) is 23.8 Å². The summed E-state index contributed by atoms with van der Waals surface area (Å²) in [5.74, 6) is 0.333. The second-order valence-electron chi connectivity index (χ2n) is 5.99. The predicted molar refractivity (Wildman–Crippen MR) is 88.0 cm³/mol. The molecule has 1 aromatic carbocycles. The Kier molecular flexibility index (Phi) is 3.85. The largest absolute Gasteiger partial charge is 0.349 e. The van der Waals surface area contributed by atoms with Crippen LogP contribution in [0.1, 0.15) is 18.4 Å². The SMILES string of the molecule is Cc1ccc2nc(N3CCCC(C(=O)N(C)C)C3)sc2c1. The molecule has 0 spiro atoms. The van der Waals surface area contributed by atoms with E-state index in [0.29, 0.717) is 0 Å². The highest BCUT2D eigenvalue weighted by atomic mass is 32.1. The van der Waals surface area contributed by atoms with Crippen LogP contribution in [0.2, 0.25) is 0 Å². The van der Waals surface area contributed by atoms with E-state index in [4.69, 9.17) is 4.98 Å². The lowest BCUT2D eigenvalue weighted by atomic mass is 9.97. The summed E-state index contributed by atoms with van der Waals surface area (Å²) in [5, 5.41) is 1.05. The minimum Gasteiger partial charge on any atom is -0.349 e. The first-order valence-electron chi connectivity index (χ1n) is 7.38. The molecular weight excluding hydrogens is 282 g/mol. The highest BCUT2D eigenvalue weighted by Gasteiger charge is 2.28. The highest BCUT2D eigenvalue weighted by Crippen LogP contribution is 2.32. The first-order chi connectivity index (χ1) is 10.0. The smallest absolute Gasteiger partial charge is 0.226 e. The summed E-state index contributed by atoms with van der Waals surface area (Å²) in [7, 11) is 3.67. The number of aryl methyl sites for hydroxylation is 1. The molecule has 0 radical (unpaired) electrons. The maximum atomic E-state index is 12.2. The van der Waals surface area contributed by atoms with Crippen LogP contribution < -0.4 is 4.90 Å². The van der Waals surface area contributed by atoms with Gasteiger partial charge in [0.1, 0.15) is 0 Å². The molecule has 1 aliphatic heterocycles. The molecule has 1 amide bonds. The van der Waals surface area contributed by atoms with Gasteiger partial charge in [0.15, 0.2) is 5.13 Å². The van der Waals surface area contributed by atoms with Crippen molar-refractivity contribution in [1.29, 1.82) is 0 Å². The standard InChI is InChI=1S/C16H21N3OS/c1-11-6-7-13-14(9-11)21-16(17-13)19-8-4-5-12(10-19)15(20)18(2)3/h6-7,9,12H,4-5,8,10H2,1-3H3. The second kappa shape index (κ2) is 5.64. The highest BCUT2D eigenvalue weighted by molar-refractivity contribution is 7.22. The van der Waals surface area contributed by atoms with Crippen LogP contribution in [-0.2, 0) is 4.79 Å². The molecule has 0 aliphatic carbocycles. The Hall–Kier alpha value is -1.62. The van der Waals surface area contributed by atoms with Gasteiger partial charge in [-0.15, -0.1) is 0 Å². The Bertz CT molecular complexity index is 665. The van der Waals surface area contributed by atoms with Gasteiger partial charge in [-0.3, -0.25) is 4.79 Å². The quantitative estimate of drug-likeness (QED) is 0.856. The number of benzene rings is 1. The van der Waals surface area contributed by atoms with Crippen LogP contribution >= 0.6 is 11.3 Å². The van der Waals surface area contributed by atoms with Crippen molar-refractivity contribution in [2.75, 3.05) is 32.1 Å². The molecule has 1 aliphatic rings. The molecule has 21 heavy (non-hydrogen) atoms. The Balaban J connectivity index is 1.83. The van der Waals surface area contributed by atoms with Crippen molar-refractivity contribution in [3.8, 4) is 0 Å².